The summed E-state index contributed by atoms with van der Waals surface area (Å²) in [5.74, 6) is -1.23. The maximum atomic E-state index is 13.3. The van der Waals surface area contributed by atoms with E-state index in [1.165, 1.54) is 64.2 Å². The normalized spacial score (nSPS) is 20.1. The van der Waals surface area contributed by atoms with E-state index in [1.54, 1.807) is 6.08 Å². The van der Waals surface area contributed by atoms with Gasteiger partial charge in [-0.15, -0.1) is 0 Å². The number of hydrogen-bond donors (Lipinski definition) is 6. The fourth-order valence-corrected chi connectivity index (χ4v) is 8.42. The molecule has 0 bridgehead atoms. The van der Waals surface area contributed by atoms with Gasteiger partial charge in [-0.2, -0.15) is 0 Å². The number of hydrogen-bond acceptors (Lipinski definition) is 10. The first-order valence-corrected chi connectivity index (χ1v) is 28.9. The molecule has 0 aromatic carbocycles. The van der Waals surface area contributed by atoms with Gasteiger partial charge in [-0.25, -0.2) is 0 Å². The van der Waals surface area contributed by atoms with Crippen LogP contribution in [-0.4, -0.2) is 99.6 Å². The van der Waals surface area contributed by atoms with Crippen LogP contribution in [0.1, 0.15) is 226 Å². The van der Waals surface area contributed by atoms with Crippen LogP contribution in [-0.2, 0) is 23.8 Å². The van der Waals surface area contributed by atoms with E-state index in [2.05, 4.69) is 99.0 Å². The smallest absolute Gasteiger partial charge is 0.306 e. The van der Waals surface area contributed by atoms with E-state index in [1.807, 2.05) is 6.08 Å². The minimum Gasteiger partial charge on any atom is -0.454 e. The van der Waals surface area contributed by atoms with Crippen LogP contribution in [0.2, 0.25) is 0 Å². The highest BCUT2D eigenvalue weighted by Crippen LogP contribution is 2.26. The molecule has 1 aliphatic heterocycles. The van der Waals surface area contributed by atoms with Gasteiger partial charge in [0.2, 0.25) is 5.91 Å². The van der Waals surface area contributed by atoms with Gasteiger partial charge in [-0.1, -0.05) is 215 Å². The Morgan fingerprint density at radius 3 is 1.56 bits per heavy atom. The molecule has 1 rings (SSSR count). The van der Waals surface area contributed by atoms with Crippen LogP contribution < -0.4 is 5.32 Å². The number of aliphatic hydroxyl groups is 5. The second kappa shape index (κ2) is 48.8. The zero-order chi connectivity index (χ0) is 52.5. The highest BCUT2D eigenvalue weighted by Gasteiger charge is 2.47. The van der Waals surface area contributed by atoms with E-state index >= 15 is 0 Å². The van der Waals surface area contributed by atoms with Gasteiger partial charge in [0.1, 0.15) is 24.4 Å². The zero-order valence-electron chi connectivity index (χ0n) is 45.5. The molecule has 6 N–H and O–H groups in total. The van der Waals surface area contributed by atoms with Gasteiger partial charge in [-0.05, 0) is 89.9 Å². The molecule has 8 atom stereocenters. The summed E-state index contributed by atoms with van der Waals surface area (Å²) in [4.78, 5) is 26.4. The number of rotatable bonds is 47. The summed E-state index contributed by atoms with van der Waals surface area (Å²) in [5, 5.41) is 56.7. The van der Waals surface area contributed by atoms with Crippen molar-refractivity contribution in [3.63, 3.8) is 0 Å². The monoisotopic (exact) mass is 1010 g/mol. The van der Waals surface area contributed by atoms with E-state index in [4.69, 9.17) is 14.2 Å². The average molecular weight is 1010 g/mol. The number of nitrogens with one attached hydrogen (secondary N) is 1. The van der Waals surface area contributed by atoms with Crippen LogP contribution in [0.3, 0.4) is 0 Å². The van der Waals surface area contributed by atoms with Crippen molar-refractivity contribution in [3.8, 4) is 0 Å². The molecule has 0 aromatic rings. The van der Waals surface area contributed by atoms with E-state index < -0.39 is 67.4 Å². The Balaban J connectivity index is 2.70. The number of amides is 1. The largest absolute Gasteiger partial charge is 0.454 e. The molecule has 11 heteroatoms. The molecule has 1 saturated heterocycles. The first kappa shape index (κ1) is 66.9. The molecule has 0 radical (unpaired) electrons. The molecule has 1 fully saturated rings. The number of ether oxygens (including phenoxy) is 3. The molecule has 1 aliphatic rings. The summed E-state index contributed by atoms with van der Waals surface area (Å²) in [7, 11) is 0. The van der Waals surface area contributed by atoms with Crippen LogP contribution in [0.25, 0.3) is 0 Å². The molecule has 11 nitrogen and oxygen atoms in total. The summed E-state index contributed by atoms with van der Waals surface area (Å²) in [6.07, 6.45) is 52.0. The lowest BCUT2D eigenvalue weighted by molar-refractivity contribution is -0.305. The first-order chi connectivity index (χ1) is 35.2. The lowest BCUT2D eigenvalue weighted by atomic mass is 9.99. The molecule has 1 heterocycles. The highest BCUT2D eigenvalue weighted by atomic mass is 16.7. The van der Waals surface area contributed by atoms with E-state index in [0.29, 0.717) is 12.8 Å². The van der Waals surface area contributed by atoms with Crippen molar-refractivity contribution in [2.45, 2.75) is 275 Å². The number of unbranched alkanes of at least 4 members (excludes halogenated alkanes) is 21. The van der Waals surface area contributed by atoms with E-state index in [-0.39, 0.29) is 19.4 Å². The summed E-state index contributed by atoms with van der Waals surface area (Å²) in [6.45, 7) is 5.59. The second-order valence-electron chi connectivity index (χ2n) is 19.6. The van der Waals surface area contributed by atoms with Crippen molar-refractivity contribution in [3.05, 3.63) is 85.1 Å². The zero-order valence-corrected chi connectivity index (χ0v) is 45.5. The van der Waals surface area contributed by atoms with Crippen molar-refractivity contribution < 1.29 is 49.3 Å². The molecular formula is C61H105NO10. The van der Waals surface area contributed by atoms with Gasteiger partial charge in [-0.3, -0.25) is 9.59 Å². The standard InChI is InChI=1S/C61H105NO10/c1-4-7-10-13-16-19-22-24-25-26-27-28-29-30-31-32-34-37-40-43-46-49-56(66)72-59-58(68)57(67)55(50-63)71-61(59)70-51-52(53(64)47-44-41-38-36-33-23-20-17-14-11-8-5-2)62-60(69)54(65)48-45-42-39-35-21-18-15-12-9-6-3/h7,10,15-16,18-19,24-25,27-28,30-31,44,47,52-55,57-59,61,63-65,67-68H,4-6,8-9,11-14,17,20-23,26,29,32-43,45-46,48-51H2,1-3H3,(H,62,69)/b10-7-,18-15-,19-16-,25-24-,28-27-,31-30-,47-44+. The summed E-state index contributed by atoms with van der Waals surface area (Å²) >= 11 is 0. The number of carbonyl (C=O) groups is 2. The Labute approximate surface area is 438 Å². The van der Waals surface area contributed by atoms with Crippen molar-refractivity contribution >= 4 is 11.9 Å². The van der Waals surface area contributed by atoms with Crippen LogP contribution in [0, 0.1) is 0 Å². The number of allylic oxidation sites excluding steroid dienone is 13. The van der Waals surface area contributed by atoms with Gasteiger partial charge in [0.15, 0.2) is 12.4 Å². The molecule has 0 saturated carbocycles. The van der Waals surface area contributed by atoms with E-state index in [0.717, 1.165) is 116 Å². The number of carbonyl (C=O) groups excluding carboxylic acids is 2. The van der Waals surface area contributed by atoms with Gasteiger partial charge in [0, 0.05) is 6.42 Å². The van der Waals surface area contributed by atoms with Crippen LogP contribution >= 0.6 is 0 Å². The van der Waals surface area contributed by atoms with Crippen LogP contribution in [0.5, 0.6) is 0 Å². The SMILES string of the molecule is CC/C=C\C/C=C\C/C=C\C/C=C\C/C=C\CCCCCCCC(=O)OC1C(OCC(NC(=O)C(O)CCCCCC/C=C\CCCC)C(O)/C=C/CCCCCCCCCCCC)OC(CO)C(O)C1O. The predicted octanol–water partition coefficient (Wildman–Crippen LogP) is 13.0. The first-order valence-electron chi connectivity index (χ1n) is 28.9. The Morgan fingerprint density at radius 1 is 0.556 bits per heavy atom. The summed E-state index contributed by atoms with van der Waals surface area (Å²) < 4.78 is 17.5. The topological polar surface area (TPSA) is 175 Å². The molecular weight excluding hydrogens is 907 g/mol. The van der Waals surface area contributed by atoms with Crippen molar-refractivity contribution in [2.75, 3.05) is 13.2 Å². The molecule has 0 spiro atoms. The molecule has 1 amide bonds. The van der Waals surface area contributed by atoms with Gasteiger partial charge in [0.05, 0.1) is 25.4 Å². The fraction of sp³-hybridized carbons (Fsp3) is 0.738. The number of esters is 1. The van der Waals surface area contributed by atoms with Crippen molar-refractivity contribution in [2.24, 2.45) is 0 Å². The number of aliphatic hydroxyl groups excluding tert-OH is 5. The van der Waals surface area contributed by atoms with Crippen LogP contribution in [0.4, 0.5) is 0 Å². The van der Waals surface area contributed by atoms with Crippen molar-refractivity contribution in [1.82, 2.24) is 5.32 Å². The molecule has 8 unspecified atom stereocenters. The third-order valence-electron chi connectivity index (χ3n) is 13.0. The fourth-order valence-electron chi connectivity index (χ4n) is 8.42. The Morgan fingerprint density at radius 2 is 1.01 bits per heavy atom. The minimum atomic E-state index is -1.63. The average Bonchev–Trinajstić information content (AvgIpc) is 3.38. The van der Waals surface area contributed by atoms with Gasteiger partial charge in [0.25, 0.3) is 0 Å². The second-order valence-corrected chi connectivity index (χ2v) is 19.6. The van der Waals surface area contributed by atoms with Gasteiger partial charge < -0.3 is 45.1 Å². The third kappa shape index (κ3) is 36.7. The molecule has 414 valence electrons. The lowest BCUT2D eigenvalue weighted by Crippen LogP contribution is -2.61. The third-order valence-corrected chi connectivity index (χ3v) is 13.0. The van der Waals surface area contributed by atoms with Crippen molar-refractivity contribution in [1.29, 1.82) is 0 Å². The predicted molar refractivity (Wildman–Crippen MR) is 296 cm³/mol. The van der Waals surface area contributed by atoms with Gasteiger partial charge >= 0.3 is 5.97 Å². The maximum Gasteiger partial charge on any atom is 0.306 e. The molecule has 0 aromatic heterocycles. The lowest BCUT2D eigenvalue weighted by Gasteiger charge is -2.41. The maximum absolute atomic E-state index is 13.3. The summed E-state index contributed by atoms with van der Waals surface area (Å²) in [5.41, 5.74) is 0. The van der Waals surface area contributed by atoms with Crippen LogP contribution in [0.15, 0.2) is 85.1 Å². The Kier molecular flexibility index (Phi) is 45.3. The van der Waals surface area contributed by atoms with E-state index in [9.17, 15) is 35.1 Å². The summed E-state index contributed by atoms with van der Waals surface area (Å²) in [6, 6.07) is -1.03. The Bertz CT molecular complexity index is 1490. The minimum absolute atomic E-state index is 0.0967. The Hall–Kier alpha value is -3.16. The quantitative estimate of drug-likeness (QED) is 0.0196. The molecule has 72 heavy (non-hydrogen) atoms. The highest BCUT2D eigenvalue weighted by molar-refractivity contribution is 5.80. The molecule has 0 aliphatic carbocycles.